The summed E-state index contributed by atoms with van der Waals surface area (Å²) in [6, 6.07) is 9.80. The van der Waals surface area contributed by atoms with E-state index < -0.39 is 12.1 Å². The molecule has 0 saturated carbocycles. The third kappa shape index (κ3) is 4.27. The third-order valence-corrected chi connectivity index (χ3v) is 5.66. The first-order chi connectivity index (χ1) is 15.0. The van der Waals surface area contributed by atoms with E-state index in [4.69, 9.17) is 14.3 Å². The molecular weight excluding hydrogens is 400 g/mol. The number of aryl methyl sites for hydroxylation is 1. The molecule has 3 N–H and O–H groups in total. The van der Waals surface area contributed by atoms with Gasteiger partial charge in [0.2, 0.25) is 0 Å². The van der Waals surface area contributed by atoms with Crippen LogP contribution in [0.3, 0.4) is 0 Å². The maximum Gasteiger partial charge on any atom is 0.339 e. The molecule has 1 aliphatic carbocycles. The van der Waals surface area contributed by atoms with Crippen molar-refractivity contribution >= 4 is 16.9 Å². The summed E-state index contributed by atoms with van der Waals surface area (Å²) in [6.45, 7) is -0.189. The standard InChI is InChI=1S/C24H24O7/c25-11-10-19(17-12-14(13-22(27)28)8-9-18(17)26)30-20-6-3-7-21-23(20)15-4-1-2-5-16(15)24(29)31-21/h3,6-9,12,19,25-26H,1-2,4-5,10-11,13H2,(H,27,28). The number of hydrogen-bond acceptors (Lipinski definition) is 6. The summed E-state index contributed by atoms with van der Waals surface area (Å²) in [6.07, 6.45) is 2.62. The van der Waals surface area contributed by atoms with Crippen LogP contribution in [0.15, 0.2) is 45.6 Å². The van der Waals surface area contributed by atoms with Crippen LogP contribution in [0.5, 0.6) is 11.5 Å². The van der Waals surface area contributed by atoms with Gasteiger partial charge in [0.25, 0.3) is 0 Å². The highest BCUT2D eigenvalue weighted by Crippen LogP contribution is 2.38. The van der Waals surface area contributed by atoms with E-state index in [1.54, 1.807) is 30.3 Å². The first kappa shape index (κ1) is 20.9. The second kappa shape index (κ2) is 8.81. The molecule has 1 unspecified atom stereocenters. The molecule has 4 rings (SSSR count). The molecule has 1 aromatic heterocycles. The number of carbonyl (C=O) groups is 1. The fraction of sp³-hybridized carbons (Fsp3) is 0.333. The van der Waals surface area contributed by atoms with E-state index in [1.807, 2.05) is 0 Å². The molecule has 0 fully saturated rings. The molecule has 0 amide bonds. The highest BCUT2D eigenvalue weighted by Gasteiger charge is 2.24. The lowest BCUT2D eigenvalue weighted by molar-refractivity contribution is -0.136. The molecule has 0 radical (unpaired) electrons. The topological polar surface area (TPSA) is 117 Å². The normalized spacial score (nSPS) is 14.2. The van der Waals surface area contributed by atoms with Gasteiger partial charge in [-0.2, -0.15) is 0 Å². The number of hydrogen-bond donors (Lipinski definition) is 3. The van der Waals surface area contributed by atoms with Crippen molar-refractivity contribution in [3.8, 4) is 11.5 Å². The Balaban J connectivity index is 1.79. The number of aliphatic hydroxyl groups excluding tert-OH is 1. The Hall–Kier alpha value is -3.32. The number of phenolic OH excluding ortho intramolecular Hbond substituents is 1. The van der Waals surface area contributed by atoms with E-state index in [0.717, 1.165) is 30.2 Å². The number of fused-ring (bicyclic) bond motifs is 3. The van der Waals surface area contributed by atoms with Crippen molar-refractivity contribution < 1.29 is 29.3 Å². The zero-order chi connectivity index (χ0) is 22.0. The second-order valence-corrected chi connectivity index (χ2v) is 7.77. The van der Waals surface area contributed by atoms with Gasteiger partial charge in [0, 0.05) is 24.2 Å². The Morgan fingerprint density at radius 2 is 1.90 bits per heavy atom. The van der Waals surface area contributed by atoms with Crippen molar-refractivity contribution in [1.82, 2.24) is 0 Å². The average Bonchev–Trinajstić information content (AvgIpc) is 2.75. The van der Waals surface area contributed by atoms with E-state index >= 15 is 0 Å². The highest BCUT2D eigenvalue weighted by atomic mass is 16.5. The molecule has 0 saturated heterocycles. The summed E-state index contributed by atoms with van der Waals surface area (Å²) < 4.78 is 11.8. The number of carboxylic acids is 1. The van der Waals surface area contributed by atoms with Gasteiger partial charge in [-0.25, -0.2) is 4.79 Å². The molecule has 162 valence electrons. The van der Waals surface area contributed by atoms with E-state index in [-0.39, 0.29) is 30.8 Å². The Labute approximate surface area is 178 Å². The SMILES string of the molecule is O=C(O)Cc1ccc(O)c(C(CCO)Oc2cccc3oc(=O)c4c(c23)CCCC4)c1. The molecule has 0 aliphatic heterocycles. The van der Waals surface area contributed by atoms with Crippen molar-refractivity contribution in [2.24, 2.45) is 0 Å². The predicted molar refractivity (Wildman–Crippen MR) is 114 cm³/mol. The quantitative estimate of drug-likeness (QED) is 0.497. The van der Waals surface area contributed by atoms with Gasteiger partial charge in [0.1, 0.15) is 23.2 Å². The van der Waals surface area contributed by atoms with Gasteiger partial charge in [0.05, 0.1) is 11.8 Å². The molecular formula is C24H24O7. The minimum absolute atomic E-state index is 0.0404. The molecule has 1 aliphatic rings. The van der Waals surface area contributed by atoms with Crippen LogP contribution in [0.4, 0.5) is 0 Å². The molecule has 1 atom stereocenters. The maximum absolute atomic E-state index is 12.4. The maximum atomic E-state index is 12.4. The average molecular weight is 424 g/mol. The zero-order valence-electron chi connectivity index (χ0n) is 17.0. The minimum atomic E-state index is -0.980. The van der Waals surface area contributed by atoms with Crippen LogP contribution >= 0.6 is 0 Å². The van der Waals surface area contributed by atoms with Crippen molar-refractivity contribution in [2.75, 3.05) is 6.61 Å². The number of phenols is 1. The van der Waals surface area contributed by atoms with Crippen LogP contribution in [-0.2, 0) is 24.1 Å². The van der Waals surface area contributed by atoms with Crippen molar-refractivity contribution in [3.63, 3.8) is 0 Å². The van der Waals surface area contributed by atoms with E-state index in [2.05, 4.69) is 0 Å². The number of benzene rings is 2. The molecule has 31 heavy (non-hydrogen) atoms. The Kier molecular flexibility index (Phi) is 5.95. The smallest absolute Gasteiger partial charge is 0.339 e. The molecule has 3 aromatic rings. The van der Waals surface area contributed by atoms with Crippen LogP contribution < -0.4 is 10.4 Å². The molecule has 1 heterocycles. The first-order valence-electron chi connectivity index (χ1n) is 10.4. The number of rotatable bonds is 7. The number of aliphatic carboxylic acids is 1. The van der Waals surface area contributed by atoms with E-state index in [0.29, 0.717) is 34.4 Å². The van der Waals surface area contributed by atoms with Crippen LogP contribution in [0, 0.1) is 0 Å². The third-order valence-electron chi connectivity index (χ3n) is 5.66. The Morgan fingerprint density at radius 3 is 2.65 bits per heavy atom. The van der Waals surface area contributed by atoms with Gasteiger partial charge in [-0.1, -0.05) is 12.1 Å². The number of aliphatic hydroxyl groups is 1. The number of carboxylic acid groups (broad SMARTS) is 1. The minimum Gasteiger partial charge on any atom is -0.508 e. The van der Waals surface area contributed by atoms with Gasteiger partial charge in [0.15, 0.2) is 0 Å². The van der Waals surface area contributed by atoms with Gasteiger partial charge in [-0.3, -0.25) is 4.79 Å². The van der Waals surface area contributed by atoms with Crippen LogP contribution in [0.2, 0.25) is 0 Å². The fourth-order valence-electron chi connectivity index (χ4n) is 4.25. The summed E-state index contributed by atoms with van der Waals surface area (Å²) in [5.74, 6) is -0.519. The number of aromatic hydroxyl groups is 1. The van der Waals surface area contributed by atoms with Crippen molar-refractivity contribution in [2.45, 2.75) is 44.6 Å². The van der Waals surface area contributed by atoms with E-state index in [9.17, 15) is 19.8 Å². The predicted octanol–water partition coefficient (Wildman–Crippen LogP) is 3.51. The lowest BCUT2D eigenvalue weighted by atomic mass is 9.90. The molecule has 7 heteroatoms. The van der Waals surface area contributed by atoms with Crippen LogP contribution in [-0.4, -0.2) is 27.9 Å². The van der Waals surface area contributed by atoms with Gasteiger partial charge in [-0.05, 0) is 61.1 Å². The van der Waals surface area contributed by atoms with Crippen LogP contribution in [0.25, 0.3) is 11.0 Å². The second-order valence-electron chi connectivity index (χ2n) is 7.77. The first-order valence-corrected chi connectivity index (χ1v) is 10.4. The van der Waals surface area contributed by atoms with Crippen LogP contribution in [0.1, 0.15) is 47.6 Å². The summed E-state index contributed by atoms with van der Waals surface area (Å²) in [5, 5.41) is 29.8. The lowest BCUT2D eigenvalue weighted by Crippen LogP contribution is -2.17. The molecule has 2 aromatic carbocycles. The zero-order valence-corrected chi connectivity index (χ0v) is 17.0. The molecule has 7 nitrogen and oxygen atoms in total. The Morgan fingerprint density at radius 1 is 1.13 bits per heavy atom. The summed E-state index contributed by atoms with van der Waals surface area (Å²) >= 11 is 0. The fourth-order valence-corrected chi connectivity index (χ4v) is 4.25. The summed E-state index contributed by atoms with van der Waals surface area (Å²) in [7, 11) is 0. The Bertz CT molecular complexity index is 1180. The van der Waals surface area contributed by atoms with E-state index in [1.165, 1.54) is 6.07 Å². The highest BCUT2D eigenvalue weighted by molar-refractivity contribution is 5.88. The molecule has 0 spiro atoms. The van der Waals surface area contributed by atoms with Gasteiger partial charge >= 0.3 is 11.6 Å². The summed E-state index contributed by atoms with van der Waals surface area (Å²) in [4.78, 5) is 23.5. The monoisotopic (exact) mass is 424 g/mol. The van der Waals surface area contributed by atoms with Gasteiger partial charge in [-0.15, -0.1) is 0 Å². The number of ether oxygens (including phenoxy) is 1. The lowest BCUT2D eigenvalue weighted by Gasteiger charge is -2.23. The largest absolute Gasteiger partial charge is 0.508 e. The van der Waals surface area contributed by atoms with Gasteiger partial charge < -0.3 is 24.5 Å². The van der Waals surface area contributed by atoms with Crippen molar-refractivity contribution in [1.29, 1.82) is 0 Å². The van der Waals surface area contributed by atoms with Crippen molar-refractivity contribution in [3.05, 3.63) is 69.1 Å². The molecule has 0 bridgehead atoms. The summed E-state index contributed by atoms with van der Waals surface area (Å²) in [5.41, 5.74) is 2.66.